The van der Waals surface area contributed by atoms with E-state index in [2.05, 4.69) is 54.3 Å². The average molecular weight is 542 g/mol. The van der Waals surface area contributed by atoms with Crippen LogP contribution in [0, 0.1) is 24.2 Å². The Morgan fingerprint density at radius 1 is 1.10 bits per heavy atom. The van der Waals surface area contributed by atoms with Crippen LogP contribution in [0.5, 0.6) is 5.75 Å². The molecule has 4 saturated carbocycles. The number of methoxy groups -OCH3 is 1. The van der Waals surface area contributed by atoms with Crippen LogP contribution < -0.4 is 4.74 Å². The van der Waals surface area contributed by atoms with Gasteiger partial charge in [-0.15, -0.1) is 11.3 Å². The molecule has 4 nitrogen and oxygen atoms in total. The summed E-state index contributed by atoms with van der Waals surface area (Å²) in [4.78, 5) is 4.24. The smallest absolute Gasteiger partial charge is 0.138 e. The molecule has 2 aliphatic heterocycles. The minimum absolute atomic E-state index is 0.0862. The van der Waals surface area contributed by atoms with Gasteiger partial charge in [0, 0.05) is 51.6 Å². The van der Waals surface area contributed by atoms with Crippen molar-refractivity contribution in [2.24, 2.45) is 17.3 Å². The molecule has 5 fully saturated rings. The van der Waals surface area contributed by atoms with Crippen molar-refractivity contribution in [3.05, 3.63) is 64.0 Å². The Morgan fingerprint density at radius 2 is 2.00 bits per heavy atom. The normalized spacial score (nSPS) is 37.7. The molecule has 3 aromatic rings. The Hall–Kier alpha value is -1.92. The first-order chi connectivity index (χ1) is 19.1. The van der Waals surface area contributed by atoms with Gasteiger partial charge < -0.3 is 14.2 Å². The highest BCUT2D eigenvalue weighted by Crippen LogP contribution is 2.76. The monoisotopic (exact) mass is 541 g/mol. The summed E-state index contributed by atoms with van der Waals surface area (Å²) in [5.41, 5.74) is 4.50. The second-order valence-corrected chi connectivity index (χ2v) is 14.8. The van der Waals surface area contributed by atoms with E-state index in [0.29, 0.717) is 18.6 Å². The molecular weight excluding hydrogens is 502 g/mol. The van der Waals surface area contributed by atoms with Gasteiger partial charge in [-0.2, -0.15) is 0 Å². The van der Waals surface area contributed by atoms with E-state index in [4.69, 9.17) is 14.2 Å². The van der Waals surface area contributed by atoms with E-state index in [1.54, 1.807) is 11.1 Å². The first-order valence-electron chi connectivity index (χ1n) is 15.2. The van der Waals surface area contributed by atoms with Gasteiger partial charge in [0.05, 0.1) is 13.2 Å². The zero-order chi connectivity index (χ0) is 26.0. The van der Waals surface area contributed by atoms with Gasteiger partial charge in [0.25, 0.3) is 0 Å². The highest BCUT2D eigenvalue weighted by atomic mass is 32.1. The lowest BCUT2D eigenvalue weighted by molar-refractivity contribution is -0.283. The second kappa shape index (κ2) is 8.09. The number of rotatable bonds is 7. The highest BCUT2D eigenvalue weighted by molar-refractivity contribution is 7.19. The molecule has 5 aliphatic carbocycles. The Labute approximate surface area is 235 Å². The molecule has 2 aromatic carbocycles. The van der Waals surface area contributed by atoms with Crippen LogP contribution in [0.2, 0.25) is 0 Å². The summed E-state index contributed by atoms with van der Waals surface area (Å²) in [7, 11) is 1.95. The van der Waals surface area contributed by atoms with E-state index in [1.807, 2.05) is 18.4 Å². The van der Waals surface area contributed by atoms with Crippen molar-refractivity contribution >= 4 is 21.4 Å². The molecule has 2 spiro atoms. The number of nitrogens with zero attached hydrogens (tertiary/aromatic N) is 1. The first-order valence-corrected chi connectivity index (χ1v) is 16.0. The third-order valence-electron chi connectivity index (χ3n) is 12.1. The van der Waals surface area contributed by atoms with Crippen molar-refractivity contribution in [1.29, 1.82) is 0 Å². The van der Waals surface area contributed by atoms with Crippen LogP contribution in [0.15, 0.2) is 42.5 Å². The maximum atomic E-state index is 7.20. The Bertz CT molecular complexity index is 1450. The number of fused-ring (bicyclic) bond motifs is 3. The predicted octanol–water partition coefficient (Wildman–Crippen LogP) is 6.65. The third kappa shape index (κ3) is 2.96. The number of ether oxygens (including phenoxy) is 3. The molecular formula is C34H39NO3S. The summed E-state index contributed by atoms with van der Waals surface area (Å²) < 4.78 is 21.8. The minimum atomic E-state index is -0.287. The van der Waals surface area contributed by atoms with Gasteiger partial charge in [0.2, 0.25) is 0 Å². The summed E-state index contributed by atoms with van der Waals surface area (Å²) in [5, 5.41) is 1.32. The number of hydrogen-bond acceptors (Lipinski definition) is 5. The van der Waals surface area contributed by atoms with Crippen molar-refractivity contribution in [3.8, 4) is 5.75 Å². The summed E-state index contributed by atoms with van der Waals surface area (Å²) in [6, 6.07) is 16.3. The van der Waals surface area contributed by atoms with Crippen molar-refractivity contribution < 1.29 is 14.2 Å². The van der Waals surface area contributed by atoms with Gasteiger partial charge >= 0.3 is 0 Å². The Kier molecular flexibility index (Phi) is 4.93. The molecule has 0 N–H and O–H groups in total. The summed E-state index contributed by atoms with van der Waals surface area (Å²) in [6.45, 7) is 6.18. The fourth-order valence-corrected chi connectivity index (χ4v) is 11.3. The maximum absolute atomic E-state index is 7.20. The zero-order valence-corrected chi connectivity index (χ0v) is 24.0. The lowest BCUT2D eigenvalue weighted by Gasteiger charge is -2.74. The van der Waals surface area contributed by atoms with Gasteiger partial charge in [0.1, 0.15) is 17.5 Å². The van der Waals surface area contributed by atoms with Crippen LogP contribution in [0.3, 0.4) is 0 Å². The molecule has 5 heteroatoms. The third-order valence-corrected chi connectivity index (χ3v) is 13.2. The van der Waals surface area contributed by atoms with E-state index in [-0.39, 0.29) is 22.5 Å². The van der Waals surface area contributed by atoms with Gasteiger partial charge in [-0.1, -0.05) is 30.3 Å². The summed E-state index contributed by atoms with van der Waals surface area (Å²) in [6.07, 6.45) is 8.88. The van der Waals surface area contributed by atoms with E-state index < -0.39 is 0 Å². The number of thiophene rings is 1. The maximum Gasteiger partial charge on any atom is 0.138 e. The lowest BCUT2D eigenvalue weighted by atomic mass is 9.35. The Balaban J connectivity index is 1.10. The molecule has 7 aliphatic rings. The summed E-state index contributed by atoms with van der Waals surface area (Å²) in [5.74, 6) is 2.47. The van der Waals surface area contributed by atoms with Crippen LogP contribution in [-0.4, -0.2) is 49.5 Å². The molecule has 204 valence electrons. The van der Waals surface area contributed by atoms with Crippen LogP contribution in [0.4, 0.5) is 0 Å². The fraction of sp³-hybridized carbons (Fsp3) is 0.588. The minimum Gasteiger partial charge on any atom is -0.486 e. The quantitative estimate of drug-likeness (QED) is 0.335. The van der Waals surface area contributed by atoms with E-state index >= 15 is 0 Å². The fourth-order valence-electron chi connectivity index (χ4n) is 10.3. The second-order valence-electron chi connectivity index (χ2n) is 13.6. The van der Waals surface area contributed by atoms with Gasteiger partial charge in [-0.3, -0.25) is 4.90 Å². The number of aryl methyl sites for hydroxylation is 1. The topological polar surface area (TPSA) is 30.9 Å². The number of likely N-dealkylation sites (tertiary alicyclic amines) is 1. The van der Waals surface area contributed by atoms with Crippen molar-refractivity contribution in [2.45, 2.75) is 81.6 Å². The van der Waals surface area contributed by atoms with Crippen molar-refractivity contribution in [1.82, 2.24) is 4.90 Å². The molecule has 1 saturated heterocycles. The number of benzene rings is 2. The van der Waals surface area contributed by atoms with Crippen molar-refractivity contribution in [2.75, 3.05) is 26.8 Å². The van der Waals surface area contributed by atoms with Crippen molar-refractivity contribution in [3.63, 3.8) is 0 Å². The molecule has 0 amide bonds. The van der Waals surface area contributed by atoms with Crippen LogP contribution >= 0.6 is 11.3 Å². The van der Waals surface area contributed by atoms with E-state index in [9.17, 15) is 0 Å². The van der Waals surface area contributed by atoms with E-state index in [1.165, 1.54) is 77.9 Å². The largest absolute Gasteiger partial charge is 0.486 e. The highest BCUT2D eigenvalue weighted by Gasteiger charge is 2.80. The molecule has 3 heterocycles. The van der Waals surface area contributed by atoms with E-state index in [0.717, 1.165) is 18.9 Å². The Morgan fingerprint density at radius 3 is 2.85 bits per heavy atom. The molecule has 1 aromatic heterocycles. The van der Waals surface area contributed by atoms with Gasteiger partial charge in [-0.25, -0.2) is 0 Å². The number of piperidine rings is 1. The lowest BCUT2D eigenvalue weighted by Crippen LogP contribution is -2.81. The predicted molar refractivity (Wildman–Crippen MR) is 155 cm³/mol. The molecule has 4 bridgehead atoms. The molecule has 6 atom stereocenters. The first kappa shape index (κ1) is 23.8. The molecule has 0 radical (unpaired) electrons. The van der Waals surface area contributed by atoms with Crippen LogP contribution in [0.25, 0.3) is 10.1 Å². The molecule has 39 heavy (non-hydrogen) atoms. The number of hydrogen-bond donors (Lipinski definition) is 0. The molecule has 0 unspecified atom stereocenters. The molecule has 10 rings (SSSR count). The van der Waals surface area contributed by atoms with Gasteiger partial charge in [0.15, 0.2) is 0 Å². The summed E-state index contributed by atoms with van der Waals surface area (Å²) >= 11 is 1.86. The van der Waals surface area contributed by atoms with Crippen LogP contribution in [0.1, 0.15) is 60.1 Å². The average Bonchev–Trinajstić information content (AvgIpc) is 3.54. The SMILES string of the molecule is CO[C@]12CC[C@@]3(C[C@H]1COCc1cc4ccccc4s1)[C@H]1Cc4ccc(C)c5c4[C@@]3(CCN1CC1CC1)[C@H]2O5. The van der Waals surface area contributed by atoms with Gasteiger partial charge in [-0.05, 0) is 93.0 Å². The zero-order valence-electron chi connectivity index (χ0n) is 23.2. The van der Waals surface area contributed by atoms with Crippen LogP contribution in [-0.2, 0) is 27.9 Å². The standard InChI is InChI=1S/C34H39NO3S/c1-21-7-10-24-16-28-32-11-12-34(36-2,25(17-32)19-37-20-26-15-23-5-3-4-6-27(23)39-26)31-33(32,29(24)30(21)38-31)13-14-35(28)18-22-8-9-22/h3-7,10,15,22,25,28,31H,8-9,11-14,16-20H2,1-2H3/t25-,28+,31+,32+,33-,34+/m0/s1.